The van der Waals surface area contributed by atoms with Gasteiger partial charge in [-0.1, -0.05) is 0 Å². The van der Waals surface area contributed by atoms with Crippen LogP contribution in [0.1, 0.15) is 19.1 Å². The van der Waals surface area contributed by atoms with Crippen molar-refractivity contribution < 1.29 is 14.2 Å². The number of aliphatic hydroxyl groups excluding tert-OH is 1. The summed E-state index contributed by atoms with van der Waals surface area (Å²) < 4.78 is 22.1. The molecule has 3 heterocycles. The van der Waals surface area contributed by atoms with Gasteiger partial charge < -0.3 is 14.8 Å². The van der Waals surface area contributed by atoms with E-state index in [-0.39, 0.29) is 23.6 Å². The molecule has 2 aromatic rings. The number of aliphatic hydroxyl groups is 1. The van der Waals surface area contributed by atoms with E-state index in [0.29, 0.717) is 18.5 Å². The van der Waals surface area contributed by atoms with Gasteiger partial charge in [0.15, 0.2) is 23.1 Å². The first-order chi connectivity index (χ1) is 9.65. The first-order valence-electron chi connectivity index (χ1n) is 6.50. The SMILES string of the molecule is O=c1[nH]cnc2c1ncn2[C@@H]1O[C@H](CO)[C@H]2CC[C@]21F. The molecule has 0 amide bonds. The maximum atomic E-state index is 15.0. The quantitative estimate of drug-likeness (QED) is 0.815. The van der Waals surface area contributed by atoms with Crippen molar-refractivity contribution in [1.82, 2.24) is 19.5 Å². The number of nitrogens with zero attached hydrogens (tertiary/aromatic N) is 3. The number of imidazole rings is 1. The first kappa shape index (κ1) is 12.0. The number of hydrogen-bond donors (Lipinski definition) is 2. The topological polar surface area (TPSA) is 93.0 Å². The molecule has 4 atom stereocenters. The molecule has 0 unspecified atom stereocenters. The van der Waals surface area contributed by atoms with Gasteiger partial charge in [-0.25, -0.2) is 14.4 Å². The molecule has 1 saturated carbocycles. The molecule has 7 nitrogen and oxygen atoms in total. The van der Waals surface area contributed by atoms with Gasteiger partial charge >= 0.3 is 0 Å². The molecule has 2 aromatic heterocycles. The van der Waals surface area contributed by atoms with Crippen molar-refractivity contribution in [2.75, 3.05) is 6.61 Å². The lowest BCUT2D eigenvalue weighted by Gasteiger charge is -2.40. The summed E-state index contributed by atoms with van der Waals surface area (Å²) in [4.78, 5) is 22.1. The van der Waals surface area contributed by atoms with E-state index in [1.165, 1.54) is 17.2 Å². The summed E-state index contributed by atoms with van der Waals surface area (Å²) in [5, 5.41) is 9.29. The minimum atomic E-state index is -1.52. The standard InChI is InChI=1S/C12H13FN4O3/c13-12-2-1-6(12)7(3-18)20-11(12)17-5-16-8-9(17)14-4-15-10(8)19/h4-7,11,18H,1-3H2,(H,14,15,19)/t6-,7-,11-,12+/m1/s1. The van der Waals surface area contributed by atoms with Gasteiger partial charge in [0.25, 0.3) is 5.56 Å². The summed E-state index contributed by atoms with van der Waals surface area (Å²) in [6, 6.07) is 0. The molecule has 2 N–H and O–H groups in total. The van der Waals surface area contributed by atoms with Crippen molar-refractivity contribution >= 4 is 11.2 Å². The number of rotatable bonds is 2. The number of aromatic amines is 1. The van der Waals surface area contributed by atoms with E-state index in [1.54, 1.807) is 0 Å². The Morgan fingerprint density at radius 1 is 1.60 bits per heavy atom. The van der Waals surface area contributed by atoms with Crippen molar-refractivity contribution in [2.45, 2.75) is 30.8 Å². The Morgan fingerprint density at radius 2 is 2.45 bits per heavy atom. The molecule has 4 rings (SSSR count). The second-order valence-corrected chi connectivity index (χ2v) is 5.34. The third-order valence-corrected chi connectivity index (χ3v) is 4.42. The van der Waals surface area contributed by atoms with Crippen LogP contribution in [0.4, 0.5) is 4.39 Å². The lowest BCUT2D eigenvalue weighted by Crippen LogP contribution is -2.47. The number of halogens is 1. The summed E-state index contributed by atoms with van der Waals surface area (Å²) >= 11 is 0. The van der Waals surface area contributed by atoms with Crippen LogP contribution in [0.25, 0.3) is 11.2 Å². The number of alkyl halides is 1. The Kier molecular flexibility index (Phi) is 2.31. The summed E-state index contributed by atoms with van der Waals surface area (Å²) in [5.41, 5.74) is -1.45. The lowest BCUT2D eigenvalue weighted by molar-refractivity contribution is -0.0737. The van der Waals surface area contributed by atoms with E-state index in [4.69, 9.17) is 4.74 Å². The minimum absolute atomic E-state index is 0.156. The first-order valence-corrected chi connectivity index (χ1v) is 6.50. The number of aromatic nitrogens is 4. The smallest absolute Gasteiger partial charge is 0.278 e. The molecule has 1 aliphatic carbocycles. The second kappa shape index (κ2) is 3.86. The molecule has 0 bridgehead atoms. The van der Waals surface area contributed by atoms with Gasteiger partial charge in [-0.2, -0.15) is 0 Å². The van der Waals surface area contributed by atoms with Crippen LogP contribution in [0, 0.1) is 5.92 Å². The Bertz CT molecular complexity index is 729. The molecule has 2 aliphatic rings. The van der Waals surface area contributed by atoms with Crippen LogP contribution >= 0.6 is 0 Å². The Hall–Kier alpha value is -1.80. The van der Waals surface area contributed by atoms with E-state index < -0.39 is 18.0 Å². The van der Waals surface area contributed by atoms with Gasteiger partial charge in [0, 0.05) is 5.92 Å². The van der Waals surface area contributed by atoms with Crippen molar-refractivity contribution in [3.8, 4) is 0 Å². The van der Waals surface area contributed by atoms with E-state index in [2.05, 4.69) is 15.0 Å². The zero-order valence-electron chi connectivity index (χ0n) is 10.5. The average Bonchev–Trinajstić information content (AvgIpc) is 2.93. The van der Waals surface area contributed by atoms with Gasteiger partial charge in [-0.3, -0.25) is 9.36 Å². The maximum Gasteiger partial charge on any atom is 0.278 e. The number of nitrogens with one attached hydrogen (secondary N) is 1. The Morgan fingerprint density at radius 3 is 3.10 bits per heavy atom. The fourth-order valence-corrected chi connectivity index (χ4v) is 3.26. The minimum Gasteiger partial charge on any atom is -0.394 e. The molecule has 8 heteroatoms. The highest BCUT2D eigenvalue weighted by Gasteiger charge is 2.63. The molecular formula is C12H13FN4O3. The van der Waals surface area contributed by atoms with Crippen molar-refractivity contribution in [3.63, 3.8) is 0 Å². The highest BCUT2D eigenvalue weighted by atomic mass is 19.1. The zero-order chi connectivity index (χ0) is 13.9. The molecule has 106 valence electrons. The van der Waals surface area contributed by atoms with Crippen LogP contribution in [0.3, 0.4) is 0 Å². The fraction of sp³-hybridized carbons (Fsp3) is 0.583. The molecule has 0 aromatic carbocycles. The normalized spacial score (nSPS) is 36.0. The predicted molar refractivity (Wildman–Crippen MR) is 65.7 cm³/mol. The predicted octanol–water partition coefficient (Wildman–Crippen LogP) is 0.128. The number of ether oxygens (including phenoxy) is 1. The van der Waals surface area contributed by atoms with Crippen molar-refractivity contribution in [1.29, 1.82) is 0 Å². The summed E-state index contributed by atoms with van der Waals surface area (Å²) in [7, 11) is 0. The summed E-state index contributed by atoms with van der Waals surface area (Å²) in [6.45, 7) is -0.215. The van der Waals surface area contributed by atoms with E-state index in [1.807, 2.05) is 0 Å². The van der Waals surface area contributed by atoms with Crippen LogP contribution in [-0.4, -0.2) is 43.0 Å². The summed E-state index contributed by atoms with van der Waals surface area (Å²) in [5.74, 6) is -0.308. The van der Waals surface area contributed by atoms with Crippen LogP contribution in [0.2, 0.25) is 0 Å². The van der Waals surface area contributed by atoms with Crippen LogP contribution in [-0.2, 0) is 4.74 Å². The highest BCUT2D eigenvalue weighted by Crippen LogP contribution is 2.57. The molecule has 1 saturated heterocycles. The third-order valence-electron chi connectivity index (χ3n) is 4.42. The maximum absolute atomic E-state index is 15.0. The van der Waals surface area contributed by atoms with Crippen molar-refractivity contribution in [2.24, 2.45) is 5.92 Å². The fourth-order valence-electron chi connectivity index (χ4n) is 3.26. The summed E-state index contributed by atoms with van der Waals surface area (Å²) in [6.07, 6.45) is 2.29. The molecule has 0 spiro atoms. The largest absolute Gasteiger partial charge is 0.394 e. The van der Waals surface area contributed by atoms with Gasteiger partial charge in [0.1, 0.15) is 0 Å². The molecule has 20 heavy (non-hydrogen) atoms. The van der Waals surface area contributed by atoms with Gasteiger partial charge in [-0.15, -0.1) is 0 Å². The molecule has 0 radical (unpaired) electrons. The average molecular weight is 280 g/mol. The third kappa shape index (κ3) is 1.32. The molecule has 2 fully saturated rings. The number of fused-ring (bicyclic) bond motifs is 2. The molecule has 1 aliphatic heterocycles. The Balaban J connectivity index is 1.84. The number of hydrogen-bond acceptors (Lipinski definition) is 5. The van der Waals surface area contributed by atoms with Gasteiger partial charge in [0.05, 0.1) is 25.4 Å². The van der Waals surface area contributed by atoms with Crippen LogP contribution in [0.5, 0.6) is 0 Å². The Labute approximate surface area is 112 Å². The van der Waals surface area contributed by atoms with Crippen LogP contribution < -0.4 is 5.56 Å². The second-order valence-electron chi connectivity index (χ2n) is 5.34. The zero-order valence-corrected chi connectivity index (χ0v) is 10.5. The van der Waals surface area contributed by atoms with Crippen molar-refractivity contribution in [3.05, 3.63) is 23.0 Å². The monoisotopic (exact) mass is 280 g/mol. The van der Waals surface area contributed by atoms with Gasteiger partial charge in [-0.05, 0) is 12.8 Å². The van der Waals surface area contributed by atoms with E-state index in [0.717, 1.165) is 0 Å². The number of H-pyrrole nitrogens is 1. The lowest BCUT2D eigenvalue weighted by atomic mass is 9.69. The van der Waals surface area contributed by atoms with Crippen LogP contribution in [0.15, 0.2) is 17.4 Å². The highest BCUT2D eigenvalue weighted by molar-refractivity contribution is 5.69. The van der Waals surface area contributed by atoms with Gasteiger partial charge in [0.2, 0.25) is 0 Å². The van der Waals surface area contributed by atoms with E-state index >= 15 is 0 Å². The molecular weight excluding hydrogens is 267 g/mol. The van der Waals surface area contributed by atoms with E-state index in [9.17, 15) is 14.3 Å².